The first-order valence-electron chi connectivity index (χ1n) is 10.2. The number of anilines is 1. The third-order valence-corrected chi connectivity index (χ3v) is 6.25. The smallest absolute Gasteiger partial charge is 0.358 e. The largest absolute Gasteiger partial charge is 0.368 e. The number of rotatable bonds is 4. The molecule has 2 aliphatic rings. The van der Waals surface area contributed by atoms with Crippen LogP contribution in [0.25, 0.3) is 5.65 Å². The van der Waals surface area contributed by atoms with Crippen LogP contribution in [-0.2, 0) is 6.54 Å². The minimum Gasteiger partial charge on any atom is -0.358 e. The molecular formula is C21H24N6O2. The topological polar surface area (TPSA) is 79.8 Å². The Morgan fingerprint density at radius 1 is 1.10 bits per heavy atom. The minimum atomic E-state index is -0.439. The van der Waals surface area contributed by atoms with Gasteiger partial charge in [-0.15, -0.1) is 0 Å². The number of hydrogen-bond acceptors (Lipinski definition) is 6. The van der Waals surface area contributed by atoms with Crippen LogP contribution in [0.4, 0.5) is 11.6 Å². The summed E-state index contributed by atoms with van der Waals surface area (Å²) in [6, 6.07) is 15.0. The van der Waals surface area contributed by atoms with E-state index in [1.54, 1.807) is 0 Å². The Morgan fingerprint density at radius 2 is 1.97 bits per heavy atom. The van der Waals surface area contributed by atoms with E-state index in [2.05, 4.69) is 50.2 Å². The molecule has 2 aliphatic heterocycles. The first-order chi connectivity index (χ1) is 14.2. The maximum Gasteiger partial charge on any atom is 0.368 e. The summed E-state index contributed by atoms with van der Waals surface area (Å²) in [5, 5.41) is 15.8. The van der Waals surface area contributed by atoms with Gasteiger partial charge in [-0.2, -0.15) is 0 Å². The van der Waals surface area contributed by atoms with Gasteiger partial charge in [-0.05, 0) is 48.3 Å². The Bertz CT molecular complexity index is 1020. The Morgan fingerprint density at radius 3 is 2.79 bits per heavy atom. The second kappa shape index (κ2) is 7.44. The van der Waals surface area contributed by atoms with Gasteiger partial charge >= 0.3 is 5.82 Å². The fraction of sp³-hybridized carbons (Fsp3) is 0.429. The van der Waals surface area contributed by atoms with Gasteiger partial charge in [0.05, 0.1) is 0 Å². The van der Waals surface area contributed by atoms with Crippen molar-refractivity contribution in [3.05, 3.63) is 64.3 Å². The number of piperidine rings is 2. The first-order valence-corrected chi connectivity index (χ1v) is 10.2. The molecule has 150 valence electrons. The van der Waals surface area contributed by atoms with Crippen molar-refractivity contribution >= 4 is 17.3 Å². The van der Waals surface area contributed by atoms with Crippen LogP contribution in [0.3, 0.4) is 0 Å². The molecule has 29 heavy (non-hydrogen) atoms. The summed E-state index contributed by atoms with van der Waals surface area (Å²) in [5.74, 6) is 1.29. The van der Waals surface area contributed by atoms with Gasteiger partial charge in [-0.25, -0.2) is 4.98 Å². The molecule has 2 aromatic heterocycles. The van der Waals surface area contributed by atoms with Crippen LogP contribution in [0.2, 0.25) is 0 Å². The second-order valence-corrected chi connectivity index (χ2v) is 8.00. The van der Waals surface area contributed by atoms with Crippen molar-refractivity contribution in [1.29, 1.82) is 0 Å². The van der Waals surface area contributed by atoms with Crippen LogP contribution in [0.15, 0.2) is 48.7 Å². The van der Waals surface area contributed by atoms with Crippen LogP contribution in [-0.4, -0.2) is 50.1 Å². The van der Waals surface area contributed by atoms with E-state index >= 15 is 0 Å². The molecule has 5 rings (SSSR count). The highest BCUT2D eigenvalue weighted by molar-refractivity contribution is 5.49. The van der Waals surface area contributed by atoms with Crippen molar-refractivity contribution in [2.45, 2.75) is 31.8 Å². The summed E-state index contributed by atoms with van der Waals surface area (Å²) in [6.07, 6.45) is 4.78. The van der Waals surface area contributed by atoms with Gasteiger partial charge in [-0.3, -0.25) is 4.90 Å². The average molecular weight is 392 g/mol. The quantitative estimate of drug-likeness (QED) is 0.501. The van der Waals surface area contributed by atoms with Gasteiger partial charge in [0, 0.05) is 31.7 Å². The molecule has 2 fully saturated rings. The van der Waals surface area contributed by atoms with Crippen molar-refractivity contribution in [1.82, 2.24) is 19.5 Å². The number of likely N-dealkylation sites (tertiary alicyclic amines) is 1. The summed E-state index contributed by atoms with van der Waals surface area (Å²) in [7, 11) is 0. The van der Waals surface area contributed by atoms with Crippen LogP contribution < -0.4 is 4.90 Å². The van der Waals surface area contributed by atoms with E-state index in [4.69, 9.17) is 0 Å². The SMILES string of the molecule is O=[N+]([O-])c1cnc2ccc(N3CCC4C(CCCN4Cc4ccccc4)C3)nn12. The predicted octanol–water partition coefficient (Wildman–Crippen LogP) is 3.13. The van der Waals surface area contributed by atoms with E-state index in [0.717, 1.165) is 38.4 Å². The van der Waals surface area contributed by atoms with Gasteiger partial charge in [0.25, 0.3) is 0 Å². The standard InChI is InChI=1S/C21H24N6O2/c28-27(29)21-13-22-19-8-9-20(23-26(19)21)25-12-10-18-17(15-25)7-4-11-24(18)14-16-5-2-1-3-6-16/h1-3,5-6,8-9,13,17-18H,4,7,10-12,14-15H2. The highest BCUT2D eigenvalue weighted by Gasteiger charge is 2.36. The first kappa shape index (κ1) is 18.1. The van der Waals surface area contributed by atoms with Gasteiger partial charge in [0.2, 0.25) is 5.65 Å². The van der Waals surface area contributed by atoms with Crippen LogP contribution in [0, 0.1) is 16.0 Å². The molecule has 0 spiro atoms. The Kier molecular flexibility index (Phi) is 4.63. The number of nitrogens with zero attached hydrogens (tertiary/aromatic N) is 6. The number of benzene rings is 1. The number of hydrogen-bond donors (Lipinski definition) is 0. The van der Waals surface area contributed by atoms with Crippen molar-refractivity contribution in [2.75, 3.05) is 24.5 Å². The summed E-state index contributed by atoms with van der Waals surface area (Å²) in [6.45, 7) is 4.01. The molecular weight excluding hydrogens is 368 g/mol. The highest BCUT2D eigenvalue weighted by atomic mass is 16.6. The lowest BCUT2D eigenvalue weighted by molar-refractivity contribution is -0.391. The molecule has 4 heterocycles. The molecule has 1 aromatic carbocycles. The summed E-state index contributed by atoms with van der Waals surface area (Å²) >= 11 is 0. The Balaban J connectivity index is 1.34. The van der Waals surface area contributed by atoms with E-state index in [-0.39, 0.29) is 5.82 Å². The molecule has 8 heteroatoms. The van der Waals surface area contributed by atoms with Gasteiger partial charge in [-0.1, -0.05) is 39.9 Å². The van der Waals surface area contributed by atoms with Gasteiger partial charge in [0.15, 0.2) is 5.82 Å². The summed E-state index contributed by atoms with van der Waals surface area (Å²) in [5.41, 5.74) is 1.87. The lowest BCUT2D eigenvalue weighted by Gasteiger charge is -2.47. The Labute approximate surface area is 168 Å². The molecule has 0 saturated carbocycles. The third kappa shape index (κ3) is 3.44. The number of aromatic nitrogens is 3. The van der Waals surface area contributed by atoms with Crippen molar-refractivity contribution < 1.29 is 4.92 Å². The maximum absolute atomic E-state index is 11.2. The van der Waals surface area contributed by atoms with E-state index in [0.29, 0.717) is 17.6 Å². The molecule has 2 unspecified atom stereocenters. The van der Waals surface area contributed by atoms with Crippen molar-refractivity contribution in [3.63, 3.8) is 0 Å². The zero-order chi connectivity index (χ0) is 19.8. The molecule has 3 aromatic rings. The summed E-state index contributed by atoms with van der Waals surface area (Å²) in [4.78, 5) is 19.8. The zero-order valence-corrected chi connectivity index (χ0v) is 16.2. The van der Waals surface area contributed by atoms with Crippen molar-refractivity contribution in [3.8, 4) is 0 Å². The molecule has 2 saturated heterocycles. The van der Waals surface area contributed by atoms with E-state index in [9.17, 15) is 10.1 Å². The molecule has 0 N–H and O–H groups in total. The highest BCUT2D eigenvalue weighted by Crippen LogP contribution is 2.33. The molecule has 0 bridgehead atoms. The monoisotopic (exact) mass is 392 g/mol. The minimum absolute atomic E-state index is 0.0940. The molecule has 2 atom stereocenters. The molecule has 8 nitrogen and oxygen atoms in total. The number of imidazole rings is 1. The van der Waals surface area contributed by atoms with E-state index in [1.807, 2.05) is 12.1 Å². The van der Waals surface area contributed by atoms with E-state index in [1.165, 1.54) is 29.1 Å². The van der Waals surface area contributed by atoms with Gasteiger partial charge < -0.3 is 15.0 Å². The van der Waals surface area contributed by atoms with Crippen LogP contribution in [0.5, 0.6) is 0 Å². The fourth-order valence-electron chi connectivity index (χ4n) is 4.87. The van der Waals surface area contributed by atoms with E-state index < -0.39 is 4.92 Å². The summed E-state index contributed by atoms with van der Waals surface area (Å²) < 4.78 is 1.34. The molecule has 0 amide bonds. The zero-order valence-electron chi connectivity index (χ0n) is 16.2. The number of fused-ring (bicyclic) bond motifs is 2. The van der Waals surface area contributed by atoms with Crippen molar-refractivity contribution in [2.24, 2.45) is 5.92 Å². The number of nitro groups is 1. The lowest BCUT2D eigenvalue weighted by atomic mass is 9.83. The third-order valence-electron chi connectivity index (χ3n) is 6.25. The van der Waals surface area contributed by atoms with Crippen LogP contribution >= 0.6 is 0 Å². The normalized spacial score (nSPS) is 22.6. The predicted molar refractivity (Wildman–Crippen MR) is 110 cm³/mol. The Hall–Kier alpha value is -3.00. The molecule has 0 aliphatic carbocycles. The van der Waals surface area contributed by atoms with Crippen LogP contribution in [0.1, 0.15) is 24.8 Å². The molecule has 0 radical (unpaired) electrons. The maximum atomic E-state index is 11.2. The lowest BCUT2D eigenvalue weighted by Crippen LogP contribution is -2.54. The second-order valence-electron chi connectivity index (χ2n) is 8.00. The fourth-order valence-corrected chi connectivity index (χ4v) is 4.87. The average Bonchev–Trinajstić information content (AvgIpc) is 3.18. The van der Waals surface area contributed by atoms with Gasteiger partial charge in [0.1, 0.15) is 6.20 Å².